The second kappa shape index (κ2) is 5.03. The number of aromatic amines is 1. The van der Waals surface area contributed by atoms with Gasteiger partial charge in [-0.15, -0.1) is 0 Å². The lowest BCUT2D eigenvalue weighted by Gasteiger charge is -2.02. The largest absolute Gasteiger partial charge is 0.353 e. The first kappa shape index (κ1) is 12.2. The van der Waals surface area contributed by atoms with Gasteiger partial charge < -0.3 is 10.7 Å². The van der Waals surface area contributed by atoms with E-state index in [-0.39, 0.29) is 0 Å². The zero-order valence-corrected chi connectivity index (χ0v) is 11.1. The number of pyridine rings is 1. The number of nitrogens with two attached hydrogens (primary N) is 1. The third-order valence-electron chi connectivity index (χ3n) is 3.18. The normalized spacial score (nSPS) is 11.1. The maximum absolute atomic E-state index is 6.09. The van der Waals surface area contributed by atoms with Gasteiger partial charge in [0.25, 0.3) is 0 Å². The summed E-state index contributed by atoms with van der Waals surface area (Å²) in [6, 6.07) is 11.7. The molecule has 0 aliphatic heterocycles. The zero-order chi connectivity index (χ0) is 13.2. The Hall–Kier alpha value is -1.84. The molecule has 96 valence electrons. The fraction of sp³-hybridized carbons (Fsp3) is 0.133. The van der Waals surface area contributed by atoms with Crippen molar-refractivity contribution in [3.63, 3.8) is 0 Å². The Balaban J connectivity index is 2.26. The summed E-state index contributed by atoms with van der Waals surface area (Å²) >= 11 is 6.09. The molecule has 0 saturated carbocycles. The van der Waals surface area contributed by atoms with E-state index >= 15 is 0 Å². The predicted molar refractivity (Wildman–Crippen MR) is 79.3 cm³/mol. The highest BCUT2D eigenvalue weighted by molar-refractivity contribution is 6.31. The fourth-order valence-electron chi connectivity index (χ4n) is 2.35. The molecule has 2 aromatic heterocycles. The van der Waals surface area contributed by atoms with Gasteiger partial charge in [-0.2, -0.15) is 0 Å². The van der Waals surface area contributed by atoms with Gasteiger partial charge in [0, 0.05) is 22.1 Å². The average molecular weight is 272 g/mol. The number of nitrogens with zero attached hydrogens (tertiary/aromatic N) is 1. The lowest BCUT2D eigenvalue weighted by molar-refractivity contribution is 0.976. The van der Waals surface area contributed by atoms with Crippen molar-refractivity contribution >= 4 is 22.5 Å². The Morgan fingerprint density at radius 1 is 1.21 bits per heavy atom. The summed E-state index contributed by atoms with van der Waals surface area (Å²) in [4.78, 5) is 7.82. The summed E-state index contributed by atoms with van der Waals surface area (Å²) in [7, 11) is 0. The van der Waals surface area contributed by atoms with Crippen molar-refractivity contribution in [2.24, 2.45) is 5.73 Å². The van der Waals surface area contributed by atoms with Crippen LogP contribution in [0.25, 0.3) is 22.3 Å². The first-order valence-electron chi connectivity index (χ1n) is 6.21. The first-order valence-corrected chi connectivity index (χ1v) is 6.59. The van der Waals surface area contributed by atoms with Crippen LogP contribution in [0.3, 0.4) is 0 Å². The van der Waals surface area contributed by atoms with Crippen LogP contribution in [0.1, 0.15) is 5.56 Å². The number of rotatable bonds is 3. The number of hydrogen-bond acceptors (Lipinski definition) is 2. The van der Waals surface area contributed by atoms with Crippen LogP contribution in [0.5, 0.6) is 0 Å². The van der Waals surface area contributed by atoms with Gasteiger partial charge in [-0.05, 0) is 48.9 Å². The SMILES string of the molecule is NCCc1c(-c2ccccn2)[nH]c2ccc(Cl)cc12. The lowest BCUT2D eigenvalue weighted by Crippen LogP contribution is -2.03. The highest BCUT2D eigenvalue weighted by atomic mass is 35.5. The third kappa shape index (κ3) is 2.23. The predicted octanol–water partition coefficient (Wildman–Crippen LogP) is 3.38. The van der Waals surface area contributed by atoms with Crippen molar-refractivity contribution in [1.82, 2.24) is 9.97 Å². The number of fused-ring (bicyclic) bond motifs is 1. The van der Waals surface area contributed by atoms with Crippen LogP contribution >= 0.6 is 11.6 Å². The van der Waals surface area contributed by atoms with Gasteiger partial charge in [-0.3, -0.25) is 4.98 Å². The van der Waals surface area contributed by atoms with E-state index in [1.54, 1.807) is 6.20 Å². The van der Waals surface area contributed by atoms with E-state index in [4.69, 9.17) is 17.3 Å². The highest BCUT2D eigenvalue weighted by Gasteiger charge is 2.13. The topological polar surface area (TPSA) is 54.7 Å². The van der Waals surface area contributed by atoms with Gasteiger partial charge >= 0.3 is 0 Å². The molecule has 2 heterocycles. The average Bonchev–Trinajstić information content (AvgIpc) is 2.79. The van der Waals surface area contributed by atoms with Crippen LogP contribution in [0.4, 0.5) is 0 Å². The summed E-state index contributed by atoms with van der Waals surface area (Å²) in [5, 5.41) is 1.86. The van der Waals surface area contributed by atoms with Gasteiger partial charge in [0.1, 0.15) is 0 Å². The van der Waals surface area contributed by atoms with Gasteiger partial charge in [-0.25, -0.2) is 0 Å². The lowest BCUT2D eigenvalue weighted by atomic mass is 10.1. The van der Waals surface area contributed by atoms with Crippen LogP contribution in [0.2, 0.25) is 5.02 Å². The minimum Gasteiger partial charge on any atom is -0.353 e. The van der Waals surface area contributed by atoms with Crippen molar-refractivity contribution < 1.29 is 0 Å². The molecule has 0 aliphatic carbocycles. The third-order valence-corrected chi connectivity index (χ3v) is 3.42. The molecule has 0 amide bonds. The highest BCUT2D eigenvalue weighted by Crippen LogP contribution is 2.31. The van der Waals surface area contributed by atoms with Gasteiger partial charge in [0.05, 0.1) is 11.4 Å². The molecule has 0 saturated heterocycles. The van der Waals surface area contributed by atoms with E-state index in [1.807, 2.05) is 36.4 Å². The number of hydrogen-bond donors (Lipinski definition) is 2. The van der Waals surface area contributed by atoms with Gasteiger partial charge in [0.15, 0.2) is 0 Å². The fourth-order valence-corrected chi connectivity index (χ4v) is 2.53. The van der Waals surface area contributed by atoms with E-state index in [2.05, 4.69) is 9.97 Å². The Morgan fingerprint density at radius 3 is 2.84 bits per heavy atom. The van der Waals surface area contributed by atoms with E-state index < -0.39 is 0 Å². The molecule has 0 radical (unpaired) electrons. The molecular weight excluding hydrogens is 258 g/mol. The maximum atomic E-state index is 6.09. The summed E-state index contributed by atoms with van der Waals surface area (Å²) in [5.74, 6) is 0. The quantitative estimate of drug-likeness (QED) is 0.767. The summed E-state index contributed by atoms with van der Waals surface area (Å²) < 4.78 is 0. The van der Waals surface area contributed by atoms with E-state index in [1.165, 1.54) is 5.56 Å². The van der Waals surface area contributed by atoms with Crippen LogP contribution in [-0.4, -0.2) is 16.5 Å². The molecule has 3 aromatic rings. The van der Waals surface area contributed by atoms with E-state index in [9.17, 15) is 0 Å². The monoisotopic (exact) mass is 271 g/mol. The summed E-state index contributed by atoms with van der Waals surface area (Å²) in [6.45, 7) is 0.597. The molecule has 19 heavy (non-hydrogen) atoms. The van der Waals surface area contributed by atoms with Crippen LogP contribution in [0.15, 0.2) is 42.6 Å². The Labute approximate surface area is 116 Å². The number of halogens is 1. The van der Waals surface area contributed by atoms with Crippen molar-refractivity contribution in [2.75, 3.05) is 6.54 Å². The Bertz CT molecular complexity index is 704. The standard InChI is InChI=1S/C15H14ClN3/c16-10-4-5-13-12(9-10)11(6-7-17)15(19-13)14-3-1-2-8-18-14/h1-5,8-9,19H,6-7,17H2. The number of nitrogens with one attached hydrogen (secondary N) is 1. The second-order valence-corrected chi connectivity index (χ2v) is 4.86. The summed E-state index contributed by atoms with van der Waals surface area (Å²) in [6.07, 6.45) is 2.59. The molecule has 0 atom stereocenters. The maximum Gasteiger partial charge on any atom is 0.0867 e. The number of H-pyrrole nitrogens is 1. The van der Waals surface area contributed by atoms with Crippen molar-refractivity contribution in [1.29, 1.82) is 0 Å². The van der Waals surface area contributed by atoms with E-state index in [0.717, 1.165) is 33.7 Å². The van der Waals surface area contributed by atoms with Gasteiger partial charge in [-0.1, -0.05) is 17.7 Å². The molecular formula is C15H14ClN3. The van der Waals surface area contributed by atoms with Crippen LogP contribution in [-0.2, 0) is 6.42 Å². The number of benzene rings is 1. The minimum atomic E-state index is 0.597. The molecule has 0 fully saturated rings. The zero-order valence-electron chi connectivity index (χ0n) is 10.4. The van der Waals surface area contributed by atoms with E-state index in [0.29, 0.717) is 6.54 Å². The second-order valence-electron chi connectivity index (χ2n) is 4.42. The first-order chi connectivity index (χ1) is 9.29. The van der Waals surface area contributed by atoms with Crippen LogP contribution < -0.4 is 5.73 Å². The Morgan fingerprint density at radius 2 is 2.11 bits per heavy atom. The van der Waals surface area contributed by atoms with Crippen molar-refractivity contribution in [3.8, 4) is 11.4 Å². The minimum absolute atomic E-state index is 0.597. The molecule has 3 N–H and O–H groups in total. The van der Waals surface area contributed by atoms with Crippen LogP contribution in [0, 0.1) is 0 Å². The molecule has 0 unspecified atom stereocenters. The smallest absolute Gasteiger partial charge is 0.0867 e. The molecule has 0 spiro atoms. The molecule has 3 nitrogen and oxygen atoms in total. The van der Waals surface area contributed by atoms with Crippen molar-refractivity contribution in [3.05, 3.63) is 53.2 Å². The molecule has 0 bridgehead atoms. The Kier molecular flexibility index (Phi) is 3.23. The summed E-state index contributed by atoms with van der Waals surface area (Å²) in [5.41, 5.74) is 9.93. The van der Waals surface area contributed by atoms with Gasteiger partial charge in [0.2, 0.25) is 0 Å². The molecule has 3 rings (SSSR count). The molecule has 1 aromatic carbocycles. The molecule has 4 heteroatoms. The van der Waals surface area contributed by atoms with Crippen molar-refractivity contribution in [2.45, 2.75) is 6.42 Å². The number of aromatic nitrogens is 2. The molecule has 0 aliphatic rings.